The minimum Gasteiger partial charge on any atom is -0.308 e. The van der Waals surface area contributed by atoms with Gasteiger partial charge in [0.15, 0.2) is 11.2 Å². The lowest BCUT2D eigenvalue weighted by molar-refractivity contribution is 0.396. The van der Waals surface area contributed by atoms with Crippen LogP contribution in [-0.4, -0.2) is 34.7 Å². The van der Waals surface area contributed by atoms with Crippen LogP contribution >= 0.6 is 0 Å². The average Bonchev–Trinajstić information content (AvgIpc) is 3.82. The van der Waals surface area contributed by atoms with Crippen LogP contribution in [0.3, 0.4) is 0 Å². The molecule has 7 nitrogen and oxygen atoms in total. The standard InChI is InChI=1S/C44H39N7/c1-3-4-24-40-46-41-32(2)29-30-45-43(41)50(40)31-33-25-27-34(28-26-33)38-22-14-15-23-39(38)42-47-49-51(48-42)44(35-16-8-5-9-17-35,36-18-10-6-11-19-36)37-20-12-7-13-21-37/h5-23,25-30H,3-4,24,31H2,1-2H3. The van der Waals surface area contributed by atoms with Gasteiger partial charge in [-0.3, -0.25) is 0 Å². The molecular weight excluding hydrogens is 627 g/mol. The molecule has 0 saturated carbocycles. The number of hydrogen-bond donors (Lipinski definition) is 0. The second-order valence-electron chi connectivity index (χ2n) is 13.0. The van der Waals surface area contributed by atoms with Crippen molar-refractivity contribution in [3.8, 4) is 22.5 Å². The fourth-order valence-corrected chi connectivity index (χ4v) is 7.13. The highest BCUT2D eigenvalue weighted by Crippen LogP contribution is 2.40. The van der Waals surface area contributed by atoms with Crippen molar-refractivity contribution in [3.05, 3.63) is 185 Å². The summed E-state index contributed by atoms with van der Waals surface area (Å²) in [6, 6.07) is 50.4. The van der Waals surface area contributed by atoms with E-state index in [1.54, 1.807) is 4.80 Å². The summed E-state index contributed by atoms with van der Waals surface area (Å²) in [5.74, 6) is 1.66. The van der Waals surface area contributed by atoms with Gasteiger partial charge in [-0.15, -0.1) is 15.0 Å². The second kappa shape index (κ2) is 14.0. The number of unbranched alkanes of at least 4 members (excludes halogenated alkanes) is 1. The molecule has 7 heteroatoms. The quantitative estimate of drug-likeness (QED) is 0.129. The summed E-state index contributed by atoms with van der Waals surface area (Å²) in [4.78, 5) is 11.5. The number of rotatable bonds is 11. The second-order valence-corrected chi connectivity index (χ2v) is 13.0. The first-order chi connectivity index (χ1) is 25.2. The number of fused-ring (bicyclic) bond motifs is 1. The average molecular weight is 666 g/mol. The van der Waals surface area contributed by atoms with E-state index in [4.69, 9.17) is 25.4 Å². The largest absolute Gasteiger partial charge is 0.308 e. The van der Waals surface area contributed by atoms with Crippen molar-refractivity contribution in [2.24, 2.45) is 0 Å². The van der Waals surface area contributed by atoms with Crippen LogP contribution in [0.15, 0.2) is 152 Å². The minimum atomic E-state index is -0.841. The molecule has 0 aliphatic rings. The Labute approximate surface area is 298 Å². The maximum atomic E-state index is 5.18. The van der Waals surface area contributed by atoms with Crippen LogP contribution in [0.25, 0.3) is 33.7 Å². The number of hydrogen-bond acceptors (Lipinski definition) is 5. The Morgan fingerprint density at radius 1 is 0.647 bits per heavy atom. The van der Waals surface area contributed by atoms with Gasteiger partial charge in [0.25, 0.3) is 0 Å². The van der Waals surface area contributed by atoms with Crippen LogP contribution in [0.4, 0.5) is 0 Å². The van der Waals surface area contributed by atoms with E-state index in [9.17, 15) is 0 Å². The summed E-state index contributed by atoms with van der Waals surface area (Å²) in [5.41, 5.74) is 9.63. The predicted molar refractivity (Wildman–Crippen MR) is 203 cm³/mol. The van der Waals surface area contributed by atoms with Crippen LogP contribution in [0.2, 0.25) is 0 Å². The number of tetrazole rings is 1. The Morgan fingerprint density at radius 3 is 1.84 bits per heavy atom. The number of nitrogens with zero attached hydrogens (tertiary/aromatic N) is 7. The number of benzene rings is 5. The maximum absolute atomic E-state index is 5.18. The molecule has 0 radical (unpaired) electrons. The molecule has 8 aromatic rings. The number of aryl methyl sites for hydroxylation is 2. The molecule has 0 saturated heterocycles. The third-order valence-electron chi connectivity index (χ3n) is 9.73. The van der Waals surface area contributed by atoms with Crippen molar-refractivity contribution in [2.75, 3.05) is 0 Å². The molecule has 8 rings (SSSR count). The van der Waals surface area contributed by atoms with Crippen molar-refractivity contribution >= 4 is 11.2 Å². The van der Waals surface area contributed by atoms with Crippen LogP contribution in [0, 0.1) is 6.92 Å². The molecule has 5 aromatic carbocycles. The summed E-state index contributed by atoms with van der Waals surface area (Å²) in [5, 5.41) is 14.7. The maximum Gasteiger partial charge on any atom is 0.205 e. The van der Waals surface area contributed by atoms with E-state index in [0.29, 0.717) is 12.4 Å². The van der Waals surface area contributed by atoms with E-state index in [2.05, 4.69) is 134 Å². The fourth-order valence-electron chi connectivity index (χ4n) is 7.13. The van der Waals surface area contributed by atoms with Gasteiger partial charge < -0.3 is 4.57 Å². The van der Waals surface area contributed by atoms with E-state index in [1.807, 2.05) is 36.5 Å². The molecule has 250 valence electrons. The van der Waals surface area contributed by atoms with Gasteiger partial charge in [0.1, 0.15) is 11.3 Å². The zero-order valence-electron chi connectivity index (χ0n) is 28.9. The molecule has 0 fully saturated rings. The normalized spacial score (nSPS) is 11.6. The fraction of sp³-hybridized carbons (Fsp3) is 0.159. The van der Waals surface area contributed by atoms with Gasteiger partial charge in [0.2, 0.25) is 5.82 Å². The molecule has 3 heterocycles. The SMILES string of the molecule is CCCCc1nc2c(C)ccnc2n1Cc1ccc(-c2ccccc2-c2nnn(C(c3ccccc3)(c3ccccc3)c3ccccc3)n2)cc1. The Morgan fingerprint density at radius 2 is 1.24 bits per heavy atom. The van der Waals surface area contributed by atoms with Crippen LogP contribution in [0.5, 0.6) is 0 Å². The smallest absolute Gasteiger partial charge is 0.205 e. The first-order valence-corrected chi connectivity index (χ1v) is 17.6. The molecule has 0 atom stereocenters. The van der Waals surface area contributed by atoms with E-state index in [-0.39, 0.29) is 0 Å². The van der Waals surface area contributed by atoms with Gasteiger partial charge in [-0.25, -0.2) is 9.97 Å². The molecule has 0 spiro atoms. The van der Waals surface area contributed by atoms with Gasteiger partial charge in [-0.05, 0) is 63.6 Å². The summed E-state index contributed by atoms with van der Waals surface area (Å²) < 4.78 is 2.28. The van der Waals surface area contributed by atoms with Crippen molar-refractivity contribution in [2.45, 2.75) is 45.2 Å². The third-order valence-corrected chi connectivity index (χ3v) is 9.73. The third kappa shape index (κ3) is 5.91. The highest BCUT2D eigenvalue weighted by Gasteiger charge is 2.41. The lowest BCUT2D eigenvalue weighted by atomic mass is 9.77. The lowest BCUT2D eigenvalue weighted by Crippen LogP contribution is -2.39. The molecule has 0 amide bonds. The molecule has 0 bridgehead atoms. The van der Waals surface area contributed by atoms with Gasteiger partial charge in [-0.1, -0.05) is 153 Å². The number of pyridine rings is 1. The van der Waals surface area contributed by atoms with Gasteiger partial charge in [0, 0.05) is 18.2 Å². The van der Waals surface area contributed by atoms with E-state index in [1.165, 1.54) is 5.56 Å². The molecule has 0 aliphatic carbocycles. The molecule has 51 heavy (non-hydrogen) atoms. The summed E-state index contributed by atoms with van der Waals surface area (Å²) in [6.45, 7) is 5.04. The Bertz CT molecular complexity index is 2280. The molecule has 0 unspecified atom stereocenters. The predicted octanol–water partition coefficient (Wildman–Crippen LogP) is 9.29. The van der Waals surface area contributed by atoms with Crippen molar-refractivity contribution in [3.63, 3.8) is 0 Å². The van der Waals surface area contributed by atoms with Crippen molar-refractivity contribution in [1.29, 1.82) is 0 Å². The molecule has 0 N–H and O–H groups in total. The summed E-state index contributed by atoms with van der Waals surface area (Å²) >= 11 is 0. The van der Waals surface area contributed by atoms with E-state index < -0.39 is 5.54 Å². The van der Waals surface area contributed by atoms with Crippen LogP contribution in [-0.2, 0) is 18.5 Å². The zero-order chi connectivity index (χ0) is 34.6. The Kier molecular flexibility index (Phi) is 8.76. The summed E-state index contributed by atoms with van der Waals surface area (Å²) in [7, 11) is 0. The first kappa shape index (κ1) is 32.0. The monoisotopic (exact) mass is 665 g/mol. The molecule has 0 aliphatic heterocycles. The molecular formula is C44H39N7. The Hall–Kier alpha value is -6.21. The van der Waals surface area contributed by atoms with Crippen LogP contribution in [0.1, 0.15) is 53.4 Å². The summed E-state index contributed by atoms with van der Waals surface area (Å²) in [6.07, 6.45) is 5.04. The lowest BCUT2D eigenvalue weighted by Gasteiger charge is -2.34. The number of imidazole rings is 1. The van der Waals surface area contributed by atoms with Gasteiger partial charge in [-0.2, -0.15) is 0 Å². The van der Waals surface area contributed by atoms with E-state index >= 15 is 0 Å². The van der Waals surface area contributed by atoms with Gasteiger partial charge >= 0.3 is 0 Å². The van der Waals surface area contributed by atoms with Crippen molar-refractivity contribution in [1.82, 2.24) is 34.7 Å². The minimum absolute atomic E-state index is 0.564. The topological polar surface area (TPSA) is 74.3 Å². The zero-order valence-corrected chi connectivity index (χ0v) is 28.9. The molecule has 3 aromatic heterocycles. The van der Waals surface area contributed by atoms with Crippen LogP contribution < -0.4 is 0 Å². The Balaban J connectivity index is 1.18. The van der Waals surface area contributed by atoms with E-state index in [0.717, 1.165) is 75.2 Å². The first-order valence-electron chi connectivity index (χ1n) is 17.6. The van der Waals surface area contributed by atoms with Gasteiger partial charge in [0.05, 0.1) is 6.54 Å². The van der Waals surface area contributed by atoms with Crippen molar-refractivity contribution < 1.29 is 0 Å². The highest BCUT2D eigenvalue weighted by atomic mass is 15.6. The number of aromatic nitrogens is 7. The highest BCUT2D eigenvalue weighted by molar-refractivity contribution is 5.80.